The zero-order chi connectivity index (χ0) is 12.5. The summed E-state index contributed by atoms with van der Waals surface area (Å²) in [7, 11) is 0. The lowest BCUT2D eigenvalue weighted by molar-refractivity contribution is 0.475. The third-order valence-electron chi connectivity index (χ3n) is 3.52. The number of halogens is 1. The van der Waals surface area contributed by atoms with Gasteiger partial charge in [-0.2, -0.15) is 0 Å². The lowest BCUT2D eigenvalue weighted by atomic mass is 10.0. The van der Waals surface area contributed by atoms with Gasteiger partial charge in [-0.25, -0.2) is 4.98 Å². The quantitative estimate of drug-likeness (QED) is 0.851. The molecule has 96 valence electrons. The van der Waals surface area contributed by atoms with Gasteiger partial charge in [-0.1, -0.05) is 6.42 Å². The minimum Gasteiger partial charge on any atom is -0.508 e. The predicted octanol–water partition coefficient (Wildman–Crippen LogP) is 2.66. The highest BCUT2D eigenvalue weighted by Gasteiger charge is 2.20. The fourth-order valence-electron chi connectivity index (χ4n) is 2.59. The zero-order valence-electron chi connectivity index (χ0n) is 10.1. The van der Waals surface area contributed by atoms with Gasteiger partial charge in [0, 0.05) is 24.7 Å². The van der Waals surface area contributed by atoms with E-state index in [0.29, 0.717) is 5.92 Å². The van der Waals surface area contributed by atoms with E-state index in [4.69, 9.17) is 0 Å². The van der Waals surface area contributed by atoms with Crippen LogP contribution in [0, 0.1) is 0 Å². The van der Waals surface area contributed by atoms with E-state index in [1.54, 1.807) is 12.1 Å². The summed E-state index contributed by atoms with van der Waals surface area (Å²) in [5.41, 5.74) is 0.925. The maximum absolute atomic E-state index is 9.54. The summed E-state index contributed by atoms with van der Waals surface area (Å²) in [5, 5.41) is 13.0. The summed E-state index contributed by atoms with van der Waals surface area (Å²) in [4.78, 5) is 4.62. The molecule has 0 saturated carbocycles. The average molecular weight is 310 g/mol. The van der Waals surface area contributed by atoms with Crippen molar-refractivity contribution in [1.29, 1.82) is 0 Å². The first-order valence-corrected chi connectivity index (χ1v) is 7.12. The van der Waals surface area contributed by atoms with Crippen LogP contribution < -0.4 is 5.32 Å². The molecule has 0 aromatic carbocycles. The Morgan fingerprint density at radius 3 is 3.22 bits per heavy atom. The van der Waals surface area contributed by atoms with Gasteiger partial charge < -0.3 is 14.8 Å². The Balaban J connectivity index is 2.05. The number of fused-ring (bicyclic) bond motifs is 1. The van der Waals surface area contributed by atoms with E-state index in [1.165, 1.54) is 19.3 Å². The Morgan fingerprint density at radius 1 is 1.44 bits per heavy atom. The molecule has 18 heavy (non-hydrogen) atoms. The lowest BCUT2D eigenvalue weighted by Gasteiger charge is -2.12. The molecule has 0 spiro atoms. The molecule has 0 aliphatic carbocycles. The Morgan fingerprint density at radius 2 is 2.33 bits per heavy atom. The molecule has 1 aliphatic heterocycles. The Labute approximate surface area is 114 Å². The van der Waals surface area contributed by atoms with Crippen LogP contribution in [-0.2, 0) is 0 Å². The van der Waals surface area contributed by atoms with Gasteiger partial charge in [0.05, 0.1) is 5.52 Å². The number of hydrogen-bond donors (Lipinski definition) is 2. The molecular formula is C13H16BrN3O. The average Bonchev–Trinajstić information content (AvgIpc) is 2.58. The molecule has 1 fully saturated rings. The second-order valence-corrected chi connectivity index (χ2v) is 5.55. The van der Waals surface area contributed by atoms with E-state index in [9.17, 15) is 5.11 Å². The van der Waals surface area contributed by atoms with Crippen LogP contribution in [0.1, 0.15) is 31.0 Å². The molecule has 0 bridgehead atoms. The van der Waals surface area contributed by atoms with Gasteiger partial charge in [-0.05, 0) is 41.4 Å². The maximum Gasteiger partial charge on any atom is 0.132 e. The van der Waals surface area contributed by atoms with E-state index >= 15 is 0 Å². The zero-order valence-corrected chi connectivity index (χ0v) is 11.7. The van der Waals surface area contributed by atoms with Crippen LogP contribution in [0.2, 0.25) is 0 Å². The van der Waals surface area contributed by atoms with Crippen molar-refractivity contribution in [3.63, 3.8) is 0 Å². The molecule has 2 N–H and O–H groups in total. The third kappa shape index (κ3) is 2.12. The summed E-state index contributed by atoms with van der Waals surface area (Å²) in [6.07, 6.45) is 5.53. The van der Waals surface area contributed by atoms with E-state index < -0.39 is 0 Å². The summed E-state index contributed by atoms with van der Waals surface area (Å²) in [5.74, 6) is 1.79. The number of aromatic hydroxyl groups is 1. The maximum atomic E-state index is 9.54. The first-order valence-electron chi connectivity index (χ1n) is 6.33. The van der Waals surface area contributed by atoms with Crippen LogP contribution in [0.5, 0.6) is 5.75 Å². The largest absolute Gasteiger partial charge is 0.508 e. The van der Waals surface area contributed by atoms with Crippen molar-refractivity contribution >= 4 is 21.4 Å². The van der Waals surface area contributed by atoms with Crippen molar-refractivity contribution in [3.8, 4) is 5.75 Å². The van der Waals surface area contributed by atoms with Crippen molar-refractivity contribution in [2.45, 2.75) is 25.2 Å². The number of hydrogen-bond acceptors (Lipinski definition) is 3. The van der Waals surface area contributed by atoms with Crippen molar-refractivity contribution in [3.05, 3.63) is 28.8 Å². The van der Waals surface area contributed by atoms with Gasteiger partial charge in [0.25, 0.3) is 0 Å². The van der Waals surface area contributed by atoms with Gasteiger partial charge >= 0.3 is 0 Å². The molecule has 1 atom stereocenters. The topological polar surface area (TPSA) is 49.6 Å². The Bertz CT molecular complexity index is 559. The van der Waals surface area contributed by atoms with E-state index in [0.717, 1.165) is 29.0 Å². The van der Waals surface area contributed by atoms with Crippen LogP contribution in [0.25, 0.3) is 5.52 Å². The van der Waals surface area contributed by atoms with Gasteiger partial charge in [0.15, 0.2) is 0 Å². The first kappa shape index (κ1) is 12.0. The molecule has 0 radical (unpaired) electrons. The van der Waals surface area contributed by atoms with Gasteiger partial charge in [-0.3, -0.25) is 0 Å². The highest BCUT2D eigenvalue weighted by atomic mass is 79.9. The molecule has 1 unspecified atom stereocenters. The molecule has 1 aliphatic rings. The summed E-state index contributed by atoms with van der Waals surface area (Å²) in [6.45, 7) is 2.08. The third-order valence-corrected chi connectivity index (χ3v) is 4.10. The molecule has 0 amide bonds. The molecule has 2 aromatic rings. The summed E-state index contributed by atoms with van der Waals surface area (Å²) in [6, 6.07) is 3.44. The number of aromatic nitrogens is 2. The minimum atomic E-state index is 0.272. The molecule has 3 heterocycles. The fourth-order valence-corrected chi connectivity index (χ4v) is 3.07. The number of pyridine rings is 1. The predicted molar refractivity (Wildman–Crippen MR) is 74.0 cm³/mol. The standard InChI is InChI=1S/C13H16BrN3O/c14-12-11-7-10(18)4-6-17(11)13(16-12)9-3-1-2-5-15-8-9/h4,6-7,9,15,18H,1-3,5,8H2. The van der Waals surface area contributed by atoms with Crippen molar-refractivity contribution < 1.29 is 5.11 Å². The summed E-state index contributed by atoms with van der Waals surface area (Å²) >= 11 is 3.47. The summed E-state index contributed by atoms with van der Waals surface area (Å²) < 4.78 is 2.87. The number of imidazole rings is 1. The van der Waals surface area contributed by atoms with Crippen LogP contribution in [0.15, 0.2) is 22.9 Å². The Hall–Kier alpha value is -1.07. The van der Waals surface area contributed by atoms with Crippen LogP contribution in [0.3, 0.4) is 0 Å². The monoisotopic (exact) mass is 309 g/mol. The van der Waals surface area contributed by atoms with Crippen molar-refractivity contribution in [2.24, 2.45) is 0 Å². The highest BCUT2D eigenvalue weighted by Crippen LogP contribution is 2.29. The van der Waals surface area contributed by atoms with Crippen LogP contribution in [-0.4, -0.2) is 27.6 Å². The number of nitrogens with one attached hydrogen (secondary N) is 1. The van der Waals surface area contributed by atoms with E-state index in [2.05, 4.69) is 30.6 Å². The number of rotatable bonds is 1. The fraction of sp³-hybridized carbons (Fsp3) is 0.462. The normalized spacial score (nSPS) is 21.1. The van der Waals surface area contributed by atoms with Crippen LogP contribution in [0.4, 0.5) is 0 Å². The van der Waals surface area contributed by atoms with E-state index in [-0.39, 0.29) is 5.75 Å². The second kappa shape index (κ2) is 4.90. The second-order valence-electron chi connectivity index (χ2n) is 4.80. The molecule has 3 rings (SSSR count). The minimum absolute atomic E-state index is 0.272. The SMILES string of the molecule is Oc1ccn2c(C3CCCCNC3)nc(Br)c2c1. The molecule has 1 saturated heterocycles. The molecule has 4 nitrogen and oxygen atoms in total. The highest BCUT2D eigenvalue weighted by molar-refractivity contribution is 9.10. The first-order chi connectivity index (χ1) is 8.75. The molecule has 2 aromatic heterocycles. The van der Waals surface area contributed by atoms with Crippen molar-refractivity contribution in [2.75, 3.05) is 13.1 Å². The number of nitrogens with zero attached hydrogens (tertiary/aromatic N) is 2. The van der Waals surface area contributed by atoms with Gasteiger partial charge in [-0.15, -0.1) is 0 Å². The van der Waals surface area contributed by atoms with E-state index in [1.807, 2.05) is 6.20 Å². The molecular weight excluding hydrogens is 294 g/mol. The Kier molecular flexibility index (Phi) is 3.26. The van der Waals surface area contributed by atoms with Crippen LogP contribution >= 0.6 is 15.9 Å². The van der Waals surface area contributed by atoms with Gasteiger partial charge in [0.2, 0.25) is 0 Å². The smallest absolute Gasteiger partial charge is 0.132 e. The van der Waals surface area contributed by atoms with Crippen molar-refractivity contribution in [1.82, 2.24) is 14.7 Å². The lowest BCUT2D eigenvalue weighted by Crippen LogP contribution is -2.20. The van der Waals surface area contributed by atoms with Gasteiger partial charge in [0.1, 0.15) is 16.2 Å². The molecule has 5 heteroatoms.